The molecule has 0 aromatic heterocycles. The van der Waals surface area contributed by atoms with Crippen LogP contribution in [0.4, 0.5) is 5.69 Å². The molecule has 1 unspecified atom stereocenters. The van der Waals surface area contributed by atoms with E-state index in [1.807, 2.05) is 18.2 Å². The maximum atomic E-state index is 12.6. The number of fused-ring (bicyclic) bond motifs is 1. The molecule has 0 bridgehead atoms. The van der Waals surface area contributed by atoms with Crippen LogP contribution in [0.25, 0.3) is 0 Å². The number of anilines is 1. The van der Waals surface area contributed by atoms with E-state index < -0.39 is 5.92 Å². The van der Waals surface area contributed by atoms with Gasteiger partial charge in [-0.3, -0.25) is 9.59 Å². The molecule has 0 saturated carbocycles. The van der Waals surface area contributed by atoms with Gasteiger partial charge in [0, 0.05) is 36.3 Å². The quantitative estimate of drug-likeness (QED) is 0.876. The number of halogens is 1. The Kier molecular flexibility index (Phi) is 4.90. The fourth-order valence-corrected chi connectivity index (χ4v) is 3.49. The van der Waals surface area contributed by atoms with E-state index >= 15 is 0 Å². The van der Waals surface area contributed by atoms with Gasteiger partial charge >= 0.3 is 0 Å². The number of benzene rings is 2. The first-order valence-electron chi connectivity index (χ1n) is 8.82. The number of carbonyl (C=O) groups excluding carboxylic acids is 2. The van der Waals surface area contributed by atoms with Gasteiger partial charge in [0.1, 0.15) is 13.2 Å². The summed E-state index contributed by atoms with van der Waals surface area (Å²) in [6, 6.07) is 12.7. The molecule has 7 heteroatoms. The fraction of sp³-hybridized carbons (Fsp3) is 0.300. The highest BCUT2D eigenvalue weighted by molar-refractivity contribution is 6.31. The molecule has 0 spiro atoms. The summed E-state index contributed by atoms with van der Waals surface area (Å²) >= 11 is 6.18. The van der Waals surface area contributed by atoms with E-state index in [1.54, 1.807) is 29.2 Å². The van der Waals surface area contributed by atoms with Crippen molar-refractivity contribution in [3.05, 3.63) is 53.1 Å². The maximum Gasteiger partial charge on any atom is 0.229 e. The van der Waals surface area contributed by atoms with Gasteiger partial charge in [0.2, 0.25) is 11.8 Å². The van der Waals surface area contributed by atoms with Crippen molar-refractivity contribution in [1.29, 1.82) is 0 Å². The summed E-state index contributed by atoms with van der Waals surface area (Å²) in [5.41, 5.74) is 1.50. The van der Waals surface area contributed by atoms with Crippen LogP contribution in [0.15, 0.2) is 42.5 Å². The highest BCUT2D eigenvalue weighted by Gasteiger charge is 2.34. The lowest BCUT2D eigenvalue weighted by Gasteiger charge is -2.19. The van der Waals surface area contributed by atoms with Gasteiger partial charge in [-0.15, -0.1) is 0 Å². The van der Waals surface area contributed by atoms with Crippen LogP contribution < -0.4 is 14.8 Å². The van der Waals surface area contributed by atoms with Crippen molar-refractivity contribution in [1.82, 2.24) is 4.90 Å². The van der Waals surface area contributed by atoms with Crippen molar-refractivity contribution in [2.24, 2.45) is 5.92 Å². The van der Waals surface area contributed by atoms with E-state index in [1.165, 1.54) is 0 Å². The van der Waals surface area contributed by atoms with Gasteiger partial charge in [-0.25, -0.2) is 0 Å². The van der Waals surface area contributed by atoms with Gasteiger partial charge in [0.25, 0.3) is 0 Å². The van der Waals surface area contributed by atoms with Crippen LogP contribution in [0, 0.1) is 5.92 Å². The van der Waals surface area contributed by atoms with E-state index in [0.29, 0.717) is 48.5 Å². The third-order valence-electron chi connectivity index (χ3n) is 4.71. The molecule has 27 heavy (non-hydrogen) atoms. The zero-order chi connectivity index (χ0) is 18.8. The predicted octanol–water partition coefficient (Wildman–Crippen LogP) is 3.10. The Morgan fingerprint density at radius 1 is 1.15 bits per heavy atom. The molecule has 4 rings (SSSR count). The number of amides is 2. The molecule has 6 nitrogen and oxygen atoms in total. The molecular weight excluding hydrogens is 368 g/mol. The third-order valence-corrected chi connectivity index (χ3v) is 5.08. The molecular formula is C20H19ClN2O4. The standard InChI is InChI=1S/C20H19ClN2O4/c21-16-4-2-1-3-13(16)11-23-12-14(9-19(23)24)20(25)22-15-5-6-17-18(10-15)27-8-7-26-17/h1-6,10,14H,7-9,11-12H2,(H,22,25). The lowest BCUT2D eigenvalue weighted by Crippen LogP contribution is -2.28. The second-order valence-electron chi connectivity index (χ2n) is 6.61. The number of ether oxygens (including phenoxy) is 2. The van der Waals surface area contributed by atoms with Gasteiger partial charge in [0.05, 0.1) is 5.92 Å². The van der Waals surface area contributed by atoms with Crippen molar-refractivity contribution >= 4 is 29.1 Å². The lowest BCUT2D eigenvalue weighted by atomic mass is 10.1. The van der Waals surface area contributed by atoms with E-state index in [9.17, 15) is 9.59 Å². The van der Waals surface area contributed by atoms with Gasteiger partial charge < -0.3 is 19.7 Å². The topological polar surface area (TPSA) is 67.9 Å². The first-order valence-corrected chi connectivity index (χ1v) is 9.19. The van der Waals surface area contributed by atoms with Gasteiger partial charge in [-0.05, 0) is 23.8 Å². The molecule has 2 aromatic rings. The number of nitrogens with zero attached hydrogens (tertiary/aromatic N) is 1. The minimum absolute atomic E-state index is 0.0442. The molecule has 2 aliphatic rings. The Labute approximate surface area is 162 Å². The Hall–Kier alpha value is -2.73. The largest absolute Gasteiger partial charge is 0.486 e. The summed E-state index contributed by atoms with van der Waals surface area (Å²) in [4.78, 5) is 26.6. The monoisotopic (exact) mass is 386 g/mol. The normalized spacial score (nSPS) is 18.5. The summed E-state index contributed by atoms with van der Waals surface area (Å²) in [7, 11) is 0. The van der Waals surface area contributed by atoms with E-state index in [2.05, 4.69) is 5.32 Å². The molecule has 0 aliphatic carbocycles. The molecule has 140 valence electrons. The van der Waals surface area contributed by atoms with E-state index in [4.69, 9.17) is 21.1 Å². The summed E-state index contributed by atoms with van der Waals surface area (Å²) in [5.74, 6) is 0.662. The van der Waals surface area contributed by atoms with E-state index in [0.717, 1.165) is 5.56 Å². The van der Waals surface area contributed by atoms with Crippen LogP contribution in [0.1, 0.15) is 12.0 Å². The fourth-order valence-electron chi connectivity index (χ4n) is 3.30. The molecule has 0 radical (unpaired) electrons. The van der Waals surface area contributed by atoms with Gasteiger partial charge in [-0.1, -0.05) is 29.8 Å². The molecule has 2 aromatic carbocycles. The summed E-state index contributed by atoms with van der Waals surface area (Å²) < 4.78 is 11.0. The Bertz CT molecular complexity index is 886. The second-order valence-corrected chi connectivity index (χ2v) is 7.02. The van der Waals surface area contributed by atoms with Crippen molar-refractivity contribution in [3.8, 4) is 11.5 Å². The SMILES string of the molecule is O=C(Nc1ccc2c(c1)OCCO2)C1CC(=O)N(Cc2ccccc2Cl)C1. The molecule has 2 amide bonds. The lowest BCUT2D eigenvalue weighted by molar-refractivity contribution is -0.128. The number of carbonyl (C=O) groups is 2. The first kappa shape index (κ1) is 17.7. The average molecular weight is 387 g/mol. The van der Waals surface area contributed by atoms with Crippen molar-refractivity contribution < 1.29 is 19.1 Å². The minimum atomic E-state index is -0.395. The number of rotatable bonds is 4. The van der Waals surface area contributed by atoms with Crippen LogP contribution in [0.3, 0.4) is 0 Å². The summed E-state index contributed by atoms with van der Waals surface area (Å²) in [6.45, 7) is 1.79. The number of hydrogen-bond donors (Lipinski definition) is 1. The molecule has 1 saturated heterocycles. The van der Waals surface area contributed by atoms with Gasteiger partial charge in [0.15, 0.2) is 11.5 Å². The summed E-state index contributed by atoms with van der Waals surface area (Å²) in [5, 5.41) is 3.49. The molecule has 2 aliphatic heterocycles. The zero-order valence-electron chi connectivity index (χ0n) is 14.6. The highest BCUT2D eigenvalue weighted by Crippen LogP contribution is 2.33. The predicted molar refractivity (Wildman–Crippen MR) is 101 cm³/mol. The smallest absolute Gasteiger partial charge is 0.229 e. The number of hydrogen-bond acceptors (Lipinski definition) is 4. The van der Waals surface area contributed by atoms with Crippen molar-refractivity contribution in [2.75, 3.05) is 25.1 Å². The average Bonchev–Trinajstić information content (AvgIpc) is 3.04. The van der Waals surface area contributed by atoms with Crippen LogP contribution in [-0.2, 0) is 16.1 Å². The zero-order valence-corrected chi connectivity index (χ0v) is 15.4. The number of nitrogens with one attached hydrogen (secondary N) is 1. The Morgan fingerprint density at radius 3 is 2.74 bits per heavy atom. The minimum Gasteiger partial charge on any atom is -0.486 e. The molecule has 1 fully saturated rings. The first-order chi connectivity index (χ1) is 13.1. The Balaban J connectivity index is 1.40. The second kappa shape index (κ2) is 7.48. The molecule has 1 atom stereocenters. The highest BCUT2D eigenvalue weighted by atomic mass is 35.5. The van der Waals surface area contributed by atoms with Crippen LogP contribution in [0.2, 0.25) is 5.02 Å². The Morgan fingerprint density at radius 2 is 1.93 bits per heavy atom. The van der Waals surface area contributed by atoms with Crippen molar-refractivity contribution in [3.63, 3.8) is 0 Å². The van der Waals surface area contributed by atoms with E-state index in [-0.39, 0.29) is 18.2 Å². The molecule has 2 heterocycles. The summed E-state index contributed by atoms with van der Waals surface area (Å²) in [6.07, 6.45) is 0.195. The molecule has 1 N–H and O–H groups in total. The van der Waals surface area contributed by atoms with Crippen molar-refractivity contribution in [2.45, 2.75) is 13.0 Å². The van der Waals surface area contributed by atoms with Crippen LogP contribution >= 0.6 is 11.6 Å². The number of likely N-dealkylation sites (tertiary alicyclic amines) is 1. The van der Waals surface area contributed by atoms with Gasteiger partial charge in [-0.2, -0.15) is 0 Å². The van der Waals surface area contributed by atoms with Crippen LogP contribution in [-0.4, -0.2) is 36.5 Å². The maximum absolute atomic E-state index is 12.6. The third kappa shape index (κ3) is 3.85. The van der Waals surface area contributed by atoms with Crippen LogP contribution in [0.5, 0.6) is 11.5 Å².